The first-order chi connectivity index (χ1) is 8.52. The predicted octanol–water partition coefficient (Wildman–Crippen LogP) is 1.52. The van der Waals surface area contributed by atoms with E-state index < -0.39 is 5.97 Å². The SMILES string of the molecule is CCCNc1cc(N(C)CCC(=O)O)nc(C)n1. The van der Waals surface area contributed by atoms with Crippen LogP contribution in [-0.4, -0.2) is 41.2 Å². The van der Waals surface area contributed by atoms with E-state index in [1.807, 2.05) is 24.9 Å². The molecule has 1 rings (SSSR count). The predicted molar refractivity (Wildman–Crippen MR) is 71.1 cm³/mol. The number of anilines is 2. The summed E-state index contributed by atoms with van der Waals surface area (Å²) < 4.78 is 0. The lowest BCUT2D eigenvalue weighted by molar-refractivity contribution is -0.136. The topological polar surface area (TPSA) is 78.4 Å². The van der Waals surface area contributed by atoms with Gasteiger partial charge in [-0.3, -0.25) is 4.79 Å². The monoisotopic (exact) mass is 252 g/mol. The molecule has 6 heteroatoms. The van der Waals surface area contributed by atoms with Crippen LogP contribution < -0.4 is 10.2 Å². The second kappa shape index (κ2) is 6.78. The van der Waals surface area contributed by atoms with Gasteiger partial charge >= 0.3 is 5.97 Å². The molecule has 0 saturated heterocycles. The van der Waals surface area contributed by atoms with E-state index in [0.717, 1.165) is 24.6 Å². The zero-order valence-electron chi connectivity index (χ0n) is 11.1. The van der Waals surface area contributed by atoms with E-state index in [9.17, 15) is 4.79 Å². The van der Waals surface area contributed by atoms with Crippen molar-refractivity contribution >= 4 is 17.6 Å². The van der Waals surface area contributed by atoms with Crippen molar-refractivity contribution in [1.29, 1.82) is 0 Å². The lowest BCUT2D eigenvalue weighted by Crippen LogP contribution is -2.22. The number of aryl methyl sites for hydroxylation is 1. The van der Waals surface area contributed by atoms with Crippen molar-refractivity contribution in [3.05, 3.63) is 11.9 Å². The van der Waals surface area contributed by atoms with E-state index in [4.69, 9.17) is 5.11 Å². The molecule has 0 radical (unpaired) electrons. The van der Waals surface area contributed by atoms with Crippen LogP contribution in [0.25, 0.3) is 0 Å². The van der Waals surface area contributed by atoms with Crippen molar-refractivity contribution in [2.24, 2.45) is 0 Å². The Bertz CT molecular complexity index is 409. The van der Waals surface area contributed by atoms with E-state index >= 15 is 0 Å². The normalized spacial score (nSPS) is 10.2. The Morgan fingerprint density at radius 3 is 2.83 bits per heavy atom. The van der Waals surface area contributed by atoms with E-state index in [0.29, 0.717) is 12.4 Å². The van der Waals surface area contributed by atoms with Gasteiger partial charge in [-0.2, -0.15) is 0 Å². The highest BCUT2D eigenvalue weighted by atomic mass is 16.4. The molecular weight excluding hydrogens is 232 g/mol. The smallest absolute Gasteiger partial charge is 0.305 e. The summed E-state index contributed by atoms with van der Waals surface area (Å²) in [5, 5.41) is 11.9. The Morgan fingerprint density at radius 2 is 2.22 bits per heavy atom. The largest absolute Gasteiger partial charge is 0.481 e. The molecule has 1 aromatic rings. The maximum absolute atomic E-state index is 10.5. The molecule has 2 N–H and O–H groups in total. The zero-order valence-corrected chi connectivity index (χ0v) is 11.1. The Morgan fingerprint density at radius 1 is 1.50 bits per heavy atom. The van der Waals surface area contributed by atoms with Crippen molar-refractivity contribution in [3.8, 4) is 0 Å². The second-order valence-electron chi connectivity index (χ2n) is 4.15. The Hall–Kier alpha value is -1.85. The second-order valence-corrected chi connectivity index (χ2v) is 4.15. The summed E-state index contributed by atoms with van der Waals surface area (Å²) in [7, 11) is 1.83. The molecule has 0 bridgehead atoms. The summed E-state index contributed by atoms with van der Waals surface area (Å²) in [6.45, 7) is 5.19. The molecule has 0 unspecified atom stereocenters. The summed E-state index contributed by atoms with van der Waals surface area (Å²) in [6, 6.07) is 1.84. The number of carbonyl (C=O) groups is 1. The molecule has 0 spiro atoms. The minimum Gasteiger partial charge on any atom is -0.481 e. The quantitative estimate of drug-likeness (QED) is 0.766. The third-order valence-corrected chi connectivity index (χ3v) is 2.43. The highest BCUT2D eigenvalue weighted by Gasteiger charge is 2.08. The number of aromatic nitrogens is 2. The maximum atomic E-state index is 10.5. The molecule has 0 aliphatic carbocycles. The number of hydrogen-bond donors (Lipinski definition) is 2. The Kier molecular flexibility index (Phi) is 5.35. The number of nitrogens with zero attached hydrogens (tertiary/aromatic N) is 3. The van der Waals surface area contributed by atoms with Crippen LogP contribution in [0.3, 0.4) is 0 Å². The van der Waals surface area contributed by atoms with Gasteiger partial charge in [0, 0.05) is 26.2 Å². The van der Waals surface area contributed by atoms with Crippen LogP contribution in [0.5, 0.6) is 0 Å². The van der Waals surface area contributed by atoms with Crippen LogP contribution in [0.4, 0.5) is 11.6 Å². The molecule has 1 heterocycles. The molecule has 1 aromatic heterocycles. The van der Waals surface area contributed by atoms with Crippen LogP contribution in [0.1, 0.15) is 25.6 Å². The molecule has 6 nitrogen and oxygen atoms in total. The molecule has 0 aromatic carbocycles. The number of aliphatic carboxylic acids is 1. The van der Waals surface area contributed by atoms with Crippen LogP contribution in [0, 0.1) is 6.92 Å². The van der Waals surface area contributed by atoms with Gasteiger partial charge in [-0.05, 0) is 13.3 Å². The van der Waals surface area contributed by atoms with Gasteiger partial charge < -0.3 is 15.3 Å². The molecule has 0 fully saturated rings. The molecule has 18 heavy (non-hydrogen) atoms. The summed E-state index contributed by atoms with van der Waals surface area (Å²) in [6.07, 6.45) is 1.12. The summed E-state index contributed by atoms with van der Waals surface area (Å²) >= 11 is 0. The van der Waals surface area contributed by atoms with Gasteiger partial charge in [0.2, 0.25) is 0 Å². The third kappa shape index (κ3) is 4.57. The standard InChI is InChI=1S/C12H20N4O2/c1-4-6-13-10-8-11(15-9(2)14-10)16(3)7-5-12(17)18/h8H,4-7H2,1-3H3,(H,17,18)(H,13,14,15). The number of nitrogens with one attached hydrogen (secondary N) is 1. The van der Waals surface area contributed by atoms with Crippen molar-refractivity contribution in [2.45, 2.75) is 26.7 Å². The average Bonchev–Trinajstić information content (AvgIpc) is 2.32. The van der Waals surface area contributed by atoms with Crippen LogP contribution in [0.15, 0.2) is 6.07 Å². The molecule has 0 aliphatic heterocycles. The van der Waals surface area contributed by atoms with Crippen molar-refractivity contribution in [2.75, 3.05) is 30.4 Å². The lowest BCUT2D eigenvalue weighted by atomic mass is 10.3. The van der Waals surface area contributed by atoms with Gasteiger partial charge in [-0.1, -0.05) is 6.92 Å². The summed E-state index contributed by atoms with van der Waals surface area (Å²) in [5.41, 5.74) is 0. The van der Waals surface area contributed by atoms with Gasteiger partial charge in [-0.15, -0.1) is 0 Å². The first kappa shape index (κ1) is 14.2. The fraction of sp³-hybridized carbons (Fsp3) is 0.583. The minimum absolute atomic E-state index is 0.0945. The van der Waals surface area contributed by atoms with Crippen LogP contribution in [0.2, 0.25) is 0 Å². The summed E-state index contributed by atoms with van der Waals surface area (Å²) in [4.78, 5) is 20.9. The van der Waals surface area contributed by atoms with Crippen molar-refractivity contribution in [3.63, 3.8) is 0 Å². The van der Waals surface area contributed by atoms with Crippen molar-refractivity contribution < 1.29 is 9.90 Å². The number of rotatable bonds is 7. The van der Waals surface area contributed by atoms with Crippen LogP contribution in [-0.2, 0) is 4.79 Å². The third-order valence-electron chi connectivity index (χ3n) is 2.43. The highest BCUT2D eigenvalue weighted by Crippen LogP contribution is 2.14. The van der Waals surface area contributed by atoms with E-state index in [-0.39, 0.29) is 6.42 Å². The Labute approximate surface area is 107 Å². The first-order valence-corrected chi connectivity index (χ1v) is 6.05. The molecule has 0 amide bonds. The average molecular weight is 252 g/mol. The molecule has 100 valence electrons. The number of hydrogen-bond acceptors (Lipinski definition) is 5. The fourth-order valence-electron chi connectivity index (χ4n) is 1.47. The highest BCUT2D eigenvalue weighted by molar-refractivity contribution is 5.67. The van der Waals surface area contributed by atoms with Gasteiger partial charge in [-0.25, -0.2) is 9.97 Å². The van der Waals surface area contributed by atoms with Gasteiger partial charge in [0.25, 0.3) is 0 Å². The molecule has 0 saturated carbocycles. The fourth-order valence-corrected chi connectivity index (χ4v) is 1.47. The molecular formula is C12H20N4O2. The molecule has 0 atom stereocenters. The van der Waals surface area contributed by atoms with Gasteiger partial charge in [0.1, 0.15) is 17.5 Å². The first-order valence-electron chi connectivity index (χ1n) is 6.05. The van der Waals surface area contributed by atoms with Gasteiger partial charge in [0.15, 0.2) is 0 Å². The van der Waals surface area contributed by atoms with Gasteiger partial charge in [0.05, 0.1) is 6.42 Å². The lowest BCUT2D eigenvalue weighted by Gasteiger charge is -2.18. The van der Waals surface area contributed by atoms with Crippen molar-refractivity contribution in [1.82, 2.24) is 9.97 Å². The maximum Gasteiger partial charge on any atom is 0.305 e. The van der Waals surface area contributed by atoms with Crippen LogP contribution >= 0.6 is 0 Å². The van der Waals surface area contributed by atoms with E-state index in [1.54, 1.807) is 0 Å². The zero-order chi connectivity index (χ0) is 13.5. The summed E-state index contributed by atoms with van der Waals surface area (Å²) in [5.74, 6) is 1.38. The minimum atomic E-state index is -0.808. The number of carboxylic acid groups (broad SMARTS) is 1. The van der Waals surface area contributed by atoms with E-state index in [1.165, 1.54) is 0 Å². The van der Waals surface area contributed by atoms with E-state index in [2.05, 4.69) is 22.2 Å². The molecule has 0 aliphatic rings. The number of carboxylic acids is 1. The Balaban J connectivity index is 2.74.